The third-order valence-corrected chi connectivity index (χ3v) is 4.69. The molecule has 4 nitrogen and oxygen atoms in total. The summed E-state index contributed by atoms with van der Waals surface area (Å²) in [6.07, 6.45) is 10.9. The highest BCUT2D eigenvalue weighted by molar-refractivity contribution is 6.31. The van der Waals surface area contributed by atoms with Crippen molar-refractivity contribution in [1.29, 1.82) is 0 Å². The lowest BCUT2D eigenvalue weighted by atomic mass is 9.86. The van der Waals surface area contributed by atoms with Crippen LogP contribution in [0.2, 0.25) is 5.02 Å². The quantitative estimate of drug-likeness (QED) is 0.919. The first kappa shape index (κ1) is 14.8. The van der Waals surface area contributed by atoms with Gasteiger partial charge in [-0.2, -0.15) is 0 Å². The summed E-state index contributed by atoms with van der Waals surface area (Å²) in [5.41, 5.74) is 7.54. The molecule has 0 aromatic carbocycles. The molecule has 1 fully saturated rings. The van der Waals surface area contributed by atoms with Crippen molar-refractivity contribution in [2.24, 2.45) is 11.7 Å². The largest absolute Gasteiger partial charge is 0.329 e. The number of pyridine rings is 1. The maximum atomic E-state index is 6.02. The Labute approximate surface area is 130 Å². The van der Waals surface area contributed by atoms with Crippen molar-refractivity contribution in [1.82, 2.24) is 14.5 Å². The predicted octanol–water partition coefficient (Wildman–Crippen LogP) is 3.56. The number of aromatic nitrogens is 3. The number of rotatable bonds is 5. The van der Waals surface area contributed by atoms with Crippen LogP contribution in [-0.4, -0.2) is 21.1 Å². The molecule has 0 bridgehead atoms. The van der Waals surface area contributed by atoms with Gasteiger partial charge in [-0.1, -0.05) is 43.7 Å². The minimum absolute atomic E-state index is 0.603. The Morgan fingerprint density at radius 1 is 1.29 bits per heavy atom. The summed E-state index contributed by atoms with van der Waals surface area (Å²) in [5.74, 6) is 1.97. The van der Waals surface area contributed by atoms with E-state index in [1.165, 1.54) is 38.5 Å². The molecule has 5 heteroatoms. The molecule has 21 heavy (non-hydrogen) atoms. The fourth-order valence-electron chi connectivity index (χ4n) is 3.40. The molecule has 1 aliphatic carbocycles. The van der Waals surface area contributed by atoms with Gasteiger partial charge < -0.3 is 10.3 Å². The van der Waals surface area contributed by atoms with Crippen LogP contribution < -0.4 is 5.73 Å². The van der Waals surface area contributed by atoms with E-state index in [1.807, 2.05) is 6.07 Å². The van der Waals surface area contributed by atoms with Crippen LogP contribution in [-0.2, 0) is 13.0 Å². The maximum absolute atomic E-state index is 6.02. The summed E-state index contributed by atoms with van der Waals surface area (Å²) >= 11 is 6.02. The van der Waals surface area contributed by atoms with Gasteiger partial charge in [0.2, 0.25) is 0 Å². The molecular formula is C16H23ClN4. The van der Waals surface area contributed by atoms with Crippen molar-refractivity contribution in [2.75, 3.05) is 6.54 Å². The molecule has 0 unspecified atom stereocenters. The Morgan fingerprint density at radius 2 is 2.10 bits per heavy atom. The van der Waals surface area contributed by atoms with Crippen LogP contribution in [0.1, 0.15) is 44.3 Å². The van der Waals surface area contributed by atoms with Gasteiger partial charge in [-0.15, -0.1) is 0 Å². The Bertz CT molecular complexity index is 602. The zero-order valence-electron chi connectivity index (χ0n) is 12.4. The highest BCUT2D eigenvalue weighted by atomic mass is 35.5. The van der Waals surface area contributed by atoms with E-state index in [2.05, 4.69) is 9.55 Å². The van der Waals surface area contributed by atoms with Crippen molar-refractivity contribution in [2.45, 2.75) is 51.5 Å². The van der Waals surface area contributed by atoms with Crippen molar-refractivity contribution in [3.8, 4) is 0 Å². The zero-order valence-corrected chi connectivity index (χ0v) is 13.1. The summed E-state index contributed by atoms with van der Waals surface area (Å²) in [7, 11) is 0. The fourth-order valence-corrected chi connectivity index (χ4v) is 3.55. The average Bonchev–Trinajstić information content (AvgIpc) is 2.84. The van der Waals surface area contributed by atoms with Crippen LogP contribution in [0, 0.1) is 5.92 Å². The minimum atomic E-state index is 0.603. The van der Waals surface area contributed by atoms with E-state index in [0.717, 1.165) is 35.9 Å². The van der Waals surface area contributed by atoms with Gasteiger partial charge >= 0.3 is 0 Å². The van der Waals surface area contributed by atoms with Gasteiger partial charge in [0, 0.05) is 25.7 Å². The highest BCUT2D eigenvalue weighted by Crippen LogP contribution is 2.28. The van der Waals surface area contributed by atoms with Crippen molar-refractivity contribution < 1.29 is 0 Å². The number of aryl methyl sites for hydroxylation is 1. The molecule has 2 aromatic heterocycles. The first-order valence-corrected chi connectivity index (χ1v) is 8.36. The number of hydrogen-bond acceptors (Lipinski definition) is 3. The van der Waals surface area contributed by atoms with Crippen molar-refractivity contribution in [3.63, 3.8) is 0 Å². The summed E-state index contributed by atoms with van der Waals surface area (Å²) in [4.78, 5) is 9.16. The predicted molar refractivity (Wildman–Crippen MR) is 86.5 cm³/mol. The first-order chi connectivity index (χ1) is 10.3. The molecule has 1 aliphatic rings. The second-order valence-electron chi connectivity index (χ2n) is 6.01. The second-order valence-corrected chi connectivity index (χ2v) is 6.44. The van der Waals surface area contributed by atoms with Crippen LogP contribution in [0.4, 0.5) is 0 Å². The van der Waals surface area contributed by atoms with Crippen molar-refractivity contribution >= 4 is 22.8 Å². The molecule has 0 amide bonds. The van der Waals surface area contributed by atoms with Crippen LogP contribution in [0.15, 0.2) is 12.3 Å². The summed E-state index contributed by atoms with van der Waals surface area (Å²) in [6.45, 7) is 1.37. The Balaban J connectivity index is 1.80. The molecule has 2 N–H and O–H groups in total. The molecule has 1 saturated carbocycles. The molecule has 0 atom stereocenters. The van der Waals surface area contributed by atoms with E-state index >= 15 is 0 Å². The first-order valence-electron chi connectivity index (χ1n) is 7.98. The van der Waals surface area contributed by atoms with E-state index in [-0.39, 0.29) is 0 Å². The van der Waals surface area contributed by atoms with Gasteiger partial charge in [-0.05, 0) is 18.4 Å². The number of hydrogen-bond donors (Lipinski definition) is 1. The Kier molecular flexibility index (Phi) is 4.76. The third kappa shape index (κ3) is 3.38. The second kappa shape index (κ2) is 6.75. The standard InChI is InChI=1S/C16H23ClN4/c17-13-10-14-16(19-11-13)21(9-8-18)15(20-14)7-6-12-4-2-1-3-5-12/h10-12H,1-9,18H2. The van der Waals surface area contributed by atoms with Gasteiger partial charge in [-0.3, -0.25) is 0 Å². The lowest BCUT2D eigenvalue weighted by Crippen LogP contribution is -2.14. The topological polar surface area (TPSA) is 56.7 Å². The van der Waals surface area contributed by atoms with Crippen LogP contribution >= 0.6 is 11.6 Å². The molecule has 0 radical (unpaired) electrons. The number of fused-ring (bicyclic) bond motifs is 1. The van der Waals surface area contributed by atoms with Crippen LogP contribution in [0.25, 0.3) is 11.2 Å². The van der Waals surface area contributed by atoms with Gasteiger partial charge in [0.1, 0.15) is 11.3 Å². The summed E-state index contributed by atoms with van der Waals surface area (Å²) in [5, 5.41) is 0.638. The number of imidazole rings is 1. The van der Waals surface area contributed by atoms with Gasteiger partial charge in [-0.25, -0.2) is 9.97 Å². The highest BCUT2D eigenvalue weighted by Gasteiger charge is 2.16. The SMILES string of the molecule is NCCn1c(CCC2CCCCC2)nc2cc(Cl)cnc21. The van der Waals surface area contributed by atoms with E-state index in [9.17, 15) is 0 Å². The molecular weight excluding hydrogens is 284 g/mol. The summed E-state index contributed by atoms with van der Waals surface area (Å²) < 4.78 is 2.16. The maximum Gasteiger partial charge on any atom is 0.160 e. The molecule has 2 heterocycles. The normalized spacial score (nSPS) is 16.7. The van der Waals surface area contributed by atoms with E-state index < -0.39 is 0 Å². The molecule has 114 valence electrons. The van der Waals surface area contributed by atoms with E-state index in [4.69, 9.17) is 22.3 Å². The molecule has 0 saturated heterocycles. The summed E-state index contributed by atoms with van der Waals surface area (Å²) in [6, 6.07) is 1.89. The zero-order chi connectivity index (χ0) is 14.7. The van der Waals surface area contributed by atoms with Crippen LogP contribution in [0.3, 0.4) is 0 Å². The third-order valence-electron chi connectivity index (χ3n) is 4.48. The van der Waals surface area contributed by atoms with Gasteiger partial charge in [0.25, 0.3) is 0 Å². The Morgan fingerprint density at radius 3 is 2.86 bits per heavy atom. The van der Waals surface area contributed by atoms with Gasteiger partial charge in [0.05, 0.1) is 5.02 Å². The van der Waals surface area contributed by atoms with Gasteiger partial charge in [0.15, 0.2) is 5.65 Å². The molecule has 0 spiro atoms. The number of halogens is 1. The van der Waals surface area contributed by atoms with E-state index in [1.54, 1.807) is 6.20 Å². The molecule has 3 rings (SSSR count). The number of nitrogens with two attached hydrogens (primary N) is 1. The van der Waals surface area contributed by atoms with E-state index in [0.29, 0.717) is 11.6 Å². The lowest BCUT2D eigenvalue weighted by molar-refractivity contribution is 0.336. The minimum Gasteiger partial charge on any atom is -0.329 e. The van der Waals surface area contributed by atoms with Crippen molar-refractivity contribution in [3.05, 3.63) is 23.1 Å². The monoisotopic (exact) mass is 306 g/mol. The molecule has 0 aliphatic heterocycles. The average molecular weight is 307 g/mol. The fraction of sp³-hybridized carbons (Fsp3) is 0.625. The molecule has 2 aromatic rings. The number of nitrogens with zero attached hydrogens (tertiary/aromatic N) is 3. The lowest BCUT2D eigenvalue weighted by Gasteiger charge is -2.21. The van der Waals surface area contributed by atoms with Crippen LogP contribution in [0.5, 0.6) is 0 Å². The smallest absolute Gasteiger partial charge is 0.160 e. The Hall–Kier alpha value is -1.13.